The lowest BCUT2D eigenvalue weighted by molar-refractivity contribution is 1.72. The highest BCUT2D eigenvalue weighted by atomic mass is 28.1. The van der Waals surface area contributed by atoms with Crippen molar-refractivity contribution < 1.29 is 0 Å². The molecular formula is C3H5Si. The maximum atomic E-state index is 3.47. The van der Waals surface area contributed by atoms with Crippen molar-refractivity contribution in [3.05, 3.63) is 11.8 Å². The molecule has 0 aromatic rings. The Morgan fingerprint density at radius 1 is 2.00 bits per heavy atom. The fourth-order valence-corrected chi connectivity index (χ4v) is 0. The summed E-state index contributed by atoms with van der Waals surface area (Å²) >= 11 is 0. The van der Waals surface area contributed by atoms with Crippen molar-refractivity contribution in [2.24, 2.45) is 0 Å². The Balaban J connectivity index is 2.80. The molecule has 3 radical (unpaired) electrons. The van der Waals surface area contributed by atoms with E-state index in [2.05, 4.69) is 16.8 Å². The van der Waals surface area contributed by atoms with Crippen molar-refractivity contribution in [3.63, 3.8) is 0 Å². The molecule has 0 aliphatic carbocycles. The van der Waals surface area contributed by atoms with Crippen LogP contribution < -0.4 is 0 Å². The summed E-state index contributed by atoms with van der Waals surface area (Å²) in [7, 11) is 3.12. The van der Waals surface area contributed by atoms with Crippen molar-refractivity contribution in [2.45, 2.75) is 6.92 Å². The minimum Gasteiger partial charge on any atom is -0.105 e. The predicted molar refractivity (Wildman–Crippen MR) is 20.6 cm³/mol. The summed E-state index contributed by atoms with van der Waals surface area (Å²) in [5, 5.41) is 0.972. The van der Waals surface area contributed by atoms with E-state index in [0.717, 1.165) is 5.20 Å². The first-order valence-corrected chi connectivity index (χ1v) is 1.60. The standard InChI is InChI=1S/C3H5Si/c1-3(2)4/h1H2,2H3. The summed E-state index contributed by atoms with van der Waals surface area (Å²) in [6, 6.07) is 0. The molecule has 0 aliphatic rings. The van der Waals surface area contributed by atoms with Gasteiger partial charge in [-0.25, -0.2) is 0 Å². The number of rotatable bonds is 0. The first kappa shape index (κ1) is 3.96. The van der Waals surface area contributed by atoms with E-state index in [9.17, 15) is 0 Å². The second-order valence-electron chi connectivity index (χ2n) is 0.780. The van der Waals surface area contributed by atoms with Gasteiger partial charge in [0.25, 0.3) is 0 Å². The molecule has 0 atom stereocenters. The van der Waals surface area contributed by atoms with Gasteiger partial charge in [-0.2, -0.15) is 0 Å². The van der Waals surface area contributed by atoms with Crippen LogP contribution in [-0.2, 0) is 0 Å². The quantitative estimate of drug-likeness (QED) is 0.367. The van der Waals surface area contributed by atoms with Crippen molar-refractivity contribution in [2.75, 3.05) is 0 Å². The predicted octanol–water partition coefficient (Wildman–Crippen LogP) is 0.688. The van der Waals surface area contributed by atoms with E-state index in [1.807, 2.05) is 6.92 Å². The van der Waals surface area contributed by atoms with E-state index in [4.69, 9.17) is 0 Å². The van der Waals surface area contributed by atoms with Gasteiger partial charge < -0.3 is 0 Å². The average Bonchev–Trinajstić information content (AvgIpc) is 0.811. The number of allylic oxidation sites excluding steroid dienone is 1. The van der Waals surface area contributed by atoms with E-state index in [0.29, 0.717) is 0 Å². The van der Waals surface area contributed by atoms with Crippen LogP contribution in [0.2, 0.25) is 0 Å². The topological polar surface area (TPSA) is 0 Å². The van der Waals surface area contributed by atoms with Crippen LogP contribution in [-0.4, -0.2) is 10.2 Å². The number of hydrogen-bond acceptors (Lipinski definition) is 0. The van der Waals surface area contributed by atoms with Crippen molar-refractivity contribution in [1.82, 2.24) is 0 Å². The van der Waals surface area contributed by atoms with E-state index in [1.165, 1.54) is 0 Å². The molecule has 0 fully saturated rings. The molecule has 0 aromatic heterocycles. The molecule has 0 saturated carbocycles. The summed E-state index contributed by atoms with van der Waals surface area (Å²) in [4.78, 5) is 0. The van der Waals surface area contributed by atoms with Crippen LogP contribution in [0.3, 0.4) is 0 Å². The fourth-order valence-electron chi connectivity index (χ4n) is 0. The molecule has 0 saturated heterocycles. The van der Waals surface area contributed by atoms with Gasteiger partial charge in [-0.3, -0.25) is 0 Å². The van der Waals surface area contributed by atoms with Crippen LogP contribution in [0.1, 0.15) is 6.92 Å². The van der Waals surface area contributed by atoms with Crippen LogP contribution >= 0.6 is 0 Å². The van der Waals surface area contributed by atoms with Gasteiger partial charge in [0.15, 0.2) is 0 Å². The molecule has 0 bridgehead atoms. The zero-order valence-electron chi connectivity index (χ0n) is 2.71. The molecule has 0 spiro atoms. The lowest BCUT2D eigenvalue weighted by Crippen LogP contribution is -1.56. The Kier molecular flexibility index (Phi) is 1.28. The minimum atomic E-state index is 0.972. The normalized spacial score (nSPS) is 6.50. The molecule has 0 amide bonds. The second-order valence-corrected chi connectivity index (χ2v) is 1.63. The van der Waals surface area contributed by atoms with Crippen molar-refractivity contribution in [1.29, 1.82) is 0 Å². The highest BCUT2D eigenvalue weighted by Gasteiger charge is 1.53. The summed E-state index contributed by atoms with van der Waals surface area (Å²) < 4.78 is 0. The smallest absolute Gasteiger partial charge is 0.0638 e. The van der Waals surface area contributed by atoms with Gasteiger partial charge in [-0.05, 0) is 6.92 Å². The Hall–Kier alpha value is -0.0431. The van der Waals surface area contributed by atoms with Crippen molar-refractivity contribution >= 4 is 10.2 Å². The summed E-state index contributed by atoms with van der Waals surface area (Å²) in [5.41, 5.74) is 0. The SMILES string of the molecule is C=C(C)[Si]. The monoisotopic (exact) mass is 69.0 g/mol. The van der Waals surface area contributed by atoms with Gasteiger partial charge >= 0.3 is 0 Å². The minimum absolute atomic E-state index is 0.972. The van der Waals surface area contributed by atoms with Gasteiger partial charge in [0, 0.05) is 0 Å². The van der Waals surface area contributed by atoms with Gasteiger partial charge in [-0.15, -0.1) is 6.58 Å². The average molecular weight is 69.2 g/mol. The molecule has 0 N–H and O–H groups in total. The Morgan fingerprint density at radius 2 is 2.00 bits per heavy atom. The molecule has 0 unspecified atom stereocenters. The van der Waals surface area contributed by atoms with E-state index in [-0.39, 0.29) is 0 Å². The molecule has 4 heavy (non-hydrogen) atoms. The maximum absolute atomic E-state index is 3.47. The van der Waals surface area contributed by atoms with Gasteiger partial charge in [0.05, 0.1) is 10.2 Å². The lowest BCUT2D eigenvalue weighted by Gasteiger charge is -1.64. The third-order valence-electron chi connectivity index (χ3n) is 0. The molecule has 0 aliphatic heterocycles. The highest BCUT2D eigenvalue weighted by Crippen LogP contribution is 1.65. The van der Waals surface area contributed by atoms with Crippen molar-refractivity contribution in [3.8, 4) is 0 Å². The number of hydrogen-bond donors (Lipinski definition) is 0. The summed E-state index contributed by atoms with van der Waals surface area (Å²) in [6.45, 7) is 5.35. The van der Waals surface area contributed by atoms with Crippen LogP contribution in [0.15, 0.2) is 11.8 Å². The molecule has 1 heteroatoms. The van der Waals surface area contributed by atoms with Crippen LogP contribution in [0.5, 0.6) is 0 Å². The zero-order valence-corrected chi connectivity index (χ0v) is 3.71. The van der Waals surface area contributed by atoms with Crippen LogP contribution in [0, 0.1) is 0 Å². The Bertz CT molecular complexity index is 26.3. The third-order valence-corrected chi connectivity index (χ3v) is 0. The summed E-state index contributed by atoms with van der Waals surface area (Å²) in [5.74, 6) is 0. The molecule has 0 heterocycles. The van der Waals surface area contributed by atoms with Gasteiger partial charge in [0.1, 0.15) is 0 Å². The first-order chi connectivity index (χ1) is 1.73. The highest BCUT2D eigenvalue weighted by molar-refractivity contribution is 6.20. The Labute approximate surface area is 30.0 Å². The molecule has 0 nitrogen and oxygen atoms in total. The van der Waals surface area contributed by atoms with Crippen LogP contribution in [0.25, 0.3) is 0 Å². The van der Waals surface area contributed by atoms with E-state index >= 15 is 0 Å². The second kappa shape index (κ2) is 1.30. The molecule has 21 valence electrons. The molecular weight excluding hydrogens is 64.1 g/mol. The van der Waals surface area contributed by atoms with E-state index < -0.39 is 0 Å². The Morgan fingerprint density at radius 3 is 2.00 bits per heavy atom. The van der Waals surface area contributed by atoms with Crippen LogP contribution in [0.4, 0.5) is 0 Å². The van der Waals surface area contributed by atoms with E-state index in [1.54, 1.807) is 0 Å². The van der Waals surface area contributed by atoms with Gasteiger partial charge in [0.2, 0.25) is 0 Å². The lowest BCUT2D eigenvalue weighted by atomic mass is 10.8. The fraction of sp³-hybridized carbons (Fsp3) is 0.333. The maximum Gasteiger partial charge on any atom is 0.0638 e. The zero-order chi connectivity index (χ0) is 3.58. The molecule has 0 aromatic carbocycles. The third kappa shape index (κ3) is 964. The summed E-state index contributed by atoms with van der Waals surface area (Å²) in [6.07, 6.45) is 0. The van der Waals surface area contributed by atoms with Gasteiger partial charge in [-0.1, -0.05) is 5.20 Å². The first-order valence-electron chi connectivity index (χ1n) is 1.10. The molecule has 0 rings (SSSR count). The largest absolute Gasteiger partial charge is 0.105 e.